The van der Waals surface area contributed by atoms with E-state index in [1.807, 2.05) is 0 Å². The van der Waals surface area contributed by atoms with E-state index in [-0.39, 0.29) is 16.7 Å². The second kappa shape index (κ2) is 12.9. The first-order valence-electron chi connectivity index (χ1n) is 11.4. The number of benzene rings is 1. The Kier molecular flexibility index (Phi) is 9.93. The van der Waals surface area contributed by atoms with Gasteiger partial charge in [-0.3, -0.25) is 19.2 Å². The Balaban J connectivity index is 1.92. The highest BCUT2D eigenvalue weighted by Crippen LogP contribution is 2.37. The lowest BCUT2D eigenvalue weighted by molar-refractivity contribution is -0.254. The van der Waals surface area contributed by atoms with Crippen molar-refractivity contribution in [1.82, 2.24) is 10.3 Å². The van der Waals surface area contributed by atoms with Crippen LogP contribution < -0.4 is 5.32 Å². The molecule has 3 N–H and O–H groups in total. The van der Waals surface area contributed by atoms with Gasteiger partial charge in [-0.15, -0.1) is 10.2 Å². The maximum Gasteiger partial charge on any atom is 0.303 e. The molecule has 0 amide bonds. The Labute approximate surface area is 235 Å². The number of hydrogen-bond acceptors (Lipinski definition) is 12. The van der Waals surface area contributed by atoms with E-state index in [4.69, 9.17) is 35.9 Å². The van der Waals surface area contributed by atoms with Crippen LogP contribution in [0.5, 0.6) is 5.88 Å². The van der Waals surface area contributed by atoms with Crippen molar-refractivity contribution < 1.29 is 48.0 Å². The molecule has 5 unspecified atom stereocenters. The molecule has 5 atom stereocenters. The summed E-state index contributed by atoms with van der Waals surface area (Å²) in [6, 6.07) is 5.22. The molecule has 0 bridgehead atoms. The van der Waals surface area contributed by atoms with Gasteiger partial charge in [0.2, 0.25) is 11.0 Å². The van der Waals surface area contributed by atoms with Crippen LogP contribution in [0, 0.1) is 0 Å². The van der Waals surface area contributed by atoms with E-state index in [1.54, 1.807) is 18.2 Å². The van der Waals surface area contributed by atoms with Crippen molar-refractivity contribution >= 4 is 73.7 Å². The van der Waals surface area contributed by atoms with E-state index in [1.165, 1.54) is 6.92 Å². The van der Waals surface area contributed by atoms with Crippen LogP contribution >= 0.6 is 28.1 Å². The molecule has 3 rings (SSSR count). The highest BCUT2D eigenvalue weighted by Gasteiger charge is 2.52. The average molecular weight is 629 g/mol. The molecule has 1 aromatic carbocycles. The minimum atomic E-state index is -1.38. The Bertz CT molecular complexity index is 1320. The van der Waals surface area contributed by atoms with Crippen molar-refractivity contribution in [2.75, 3.05) is 6.61 Å². The van der Waals surface area contributed by atoms with Crippen LogP contribution in [0.15, 0.2) is 32.9 Å². The van der Waals surface area contributed by atoms with E-state index >= 15 is 0 Å². The van der Waals surface area contributed by atoms with Gasteiger partial charge < -0.3 is 39.1 Å². The highest BCUT2D eigenvalue weighted by atomic mass is 79.9. The minimum Gasteiger partial charge on any atom is -0.493 e. The van der Waals surface area contributed by atoms with Crippen LogP contribution in [-0.2, 0) is 42.9 Å². The molecule has 210 valence electrons. The lowest BCUT2D eigenvalue weighted by Crippen LogP contribution is -2.66. The van der Waals surface area contributed by atoms with Crippen LogP contribution in [0.2, 0.25) is 0 Å². The number of halogens is 1. The predicted octanol–water partition coefficient (Wildman–Crippen LogP) is 2.68. The number of carbonyl (C=O) groups is 4. The predicted molar refractivity (Wildman–Crippen MR) is 140 cm³/mol. The normalized spacial score (nSPS) is 22.7. The number of aromatic hydroxyl groups is 1. The number of nitrogens with one attached hydrogen (secondary N) is 2. The van der Waals surface area contributed by atoms with E-state index in [2.05, 4.69) is 36.5 Å². The van der Waals surface area contributed by atoms with Gasteiger partial charge in [0.05, 0.1) is 5.52 Å². The summed E-state index contributed by atoms with van der Waals surface area (Å²) in [5.74, 6) is -3.19. The zero-order valence-corrected chi connectivity index (χ0v) is 23.5. The first kappa shape index (κ1) is 29.9. The summed E-state index contributed by atoms with van der Waals surface area (Å²) in [6.45, 7) is 4.11. The molecule has 1 aliphatic rings. The second-order valence-corrected chi connectivity index (χ2v) is 9.58. The van der Waals surface area contributed by atoms with Crippen LogP contribution in [0.4, 0.5) is 5.69 Å². The van der Waals surface area contributed by atoms with Gasteiger partial charge in [0.1, 0.15) is 12.7 Å². The third-order valence-corrected chi connectivity index (χ3v) is 5.90. The van der Waals surface area contributed by atoms with Crippen LogP contribution in [0.25, 0.3) is 10.9 Å². The van der Waals surface area contributed by atoms with E-state index in [9.17, 15) is 24.3 Å². The number of rotatable bonds is 7. The zero-order chi connectivity index (χ0) is 28.9. The standard InChI is InChI=1S/C23H25BrN4O10S/c1-9(29)34-8-16-18(35-10(2)30)19(36-11(3)31)20(37-12(4)32)22(38-16)26-23(39)28-27-17-14-7-13(24)5-6-15(14)25-21(17)33/h5-7,16,18-20,22,25,33H,8H2,1-4H3,(H,26,39). The van der Waals surface area contributed by atoms with Crippen LogP contribution in [0.1, 0.15) is 27.7 Å². The summed E-state index contributed by atoms with van der Waals surface area (Å²) in [6.07, 6.45) is -6.55. The summed E-state index contributed by atoms with van der Waals surface area (Å²) < 4.78 is 27.7. The van der Waals surface area contributed by atoms with Crippen molar-refractivity contribution in [3.63, 3.8) is 0 Å². The summed E-state index contributed by atoms with van der Waals surface area (Å²) >= 11 is 8.62. The van der Waals surface area contributed by atoms with Gasteiger partial charge in [0, 0.05) is 37.6 Å². The first-order valence-corrected chi connectivity index (χ1v) is 12.6. The first-order chi connectivity index (χ1) is 18.3. The largest absolute Gasteiger partial charge is 0.493 e. The number of azo groups is 1. The monoisotopic (exact) mass is 628 g/mol. The molecule has 2 aromatic rings. The summed E-state index contributed by atoms with van der Waals surface area (Å²) in [7, 11) is 0. The number of nitrogens with zero attached hydrogens (tertiary/aromatic N) is 2. The number of H-pyrrole nitrogens is 1. The molecule has 2 heterocycles. The van der Waals surface area contributed by atoms with Crippen molar-refractivity contribution in [2.24, 2.45) is 10.2 Å². The van der Waals surface area contributed by atoms with E-state index < -0.39 is 61.1 Å². The molecular formula is C23H25BrN4O10S. The number of hydrogen-bond donors (Lipinski definition) is 3. The summed E-state index contributed by atoms with van der Waals surface area (Å²) in [5, 5.41) is 21.2. The van der Waals surface area contributed by atoms with Crippen molar-refractivity contribution in [1.29, 1.82) is 0 Å². The maximum atomic E-state index is 11.9. The van der Waals surface area contributed by atoms with Gasteiger partial charge in [-0.2, -0.15) is 0 Å². The minimum absolute atomic E-state index is 0.108. The van der Waals surface area contributed by atoms with Crippen LogP contribution in [-0.4, -0.2) is 76.3 Å². The summed E-state index contributed by atoms with van der Waals surface area (Å²) in [4.78, 5) is 49.9. The number of aromatic nitrogens is 1. The number of aromatic amines is 1. The molecular weight excluding hydrogens is 604 g/mol. The Morgan fingerprint density at radius 3 is 2.26 bits per heavy atom. The molecule has 0 saturated carbocycles. The fourth-order valence-electron chi connectivity index (χ4n) is 3.83. The van der Waals surface area contributed by atoms with Gasteiger partial charge in [-0.25, -0.2) is 0 Å². The fraction of sp³-hybridized carbons (Fsp3) is 0.435. The maximum absolute atomic E-state index is 11.9. The number of carbonyl (C=O) groups excluding carboxylic acids is 4. The molecule has 1 aliphatic heterocycles. The SMILES string of the molecule is CC(=O)OCC1OC(NC(=S)N=Nc2c(O)[nH]c3ccc(Br)cc23)C(OC(C)=O)C(OC(C)=O)C1OC(C)=O. The Morgan fingerprint density at radius 2 is 1.64 bits per heavy atom. The lowest BCUT2D eigenvalue weighted by Gasteiger charge is -2.44. The Hall–Kier alpha value is -3.63. The number of thiocarbonyl (C=S) groups is 1. The second-order valence-electron chi connectivity index (χ2n) is 8.28. The molecule has 1 aromatic heterocycles. The third kappa shape index (κ3) is 7.93. The van der Waals surface area contributed by atoms with Gasteiger partial charge in [0.15, 0.2) is 30.2 Å². The summed E-state index contributed by atoms with van der Waals surface area (Å²) in [5.41, 5.74) is 0.708. The average Bonchev–Trinajstić information content (AvgIpc) is 3.13. The smallest absolute Gasteiger partial charge is 0.303 e. The van der Waals surface area contributed by atoms with Crippen LogP contribution in [0.3, 0.4) is 0 Å². The molecule has 14 nitrogen and oxygen atoms in total. The Morgan fingerprint density at radius 1 is 1.03 bits per heavy atom. The molecule has 0 radical (unpaired) electrons. The number of fused-ring (bicyclic) bond motifs is 1. The molecule has 39 heavy (non-hydrogen) atoms. The molecule has 1 fully saturated rings. The van der Waals surface area contributed by atoms with Crippen molar-refractivity contribution in [3.8, 4) is 5.88 Å². The number of ether oxygens (including phenoxy) is 5. The zero-order valence-electron chi connectivity index (χ0n) is 21.1. The third-order valence-electron chi connectivity index (χ3n) is 5.21. The molecule has 0 aliphatic carbocycles. The number of esters is 4. The fourth-order valence-corrected chi connectivity index (χ4v) is 4.35. The van der Waals surface area contributed by atoms with Crippen molar-refractivity contribution in [3.05, 3.63) is 22.7 Å². The van der Waals surface area contributed by atoms with E-state index in [0.717, 1.165) is 25.2 Å². The molecule has 1 saturated heterocycles. The molecule has 0 spiro atoms. The van der Waals surface area contributed by atoms with Gasteiger partial charge >= 0.3 is 23.9 Å². The molecule has 16 heteroatoms. The highest BCUT2D eigenvalue weighted by molar-refractivity contribution is 9.10. The van der Waals surface area contributed by atoms with Crippen molar-refractivity contribution in [2.45, 2.75) is 58.3 Å². The van der Waals surface area contributed by atoms with E-state index in [0.29, 0.717) is 10.9 Å². The quantitative estimate of drug-likeness (QED) is 0.176. The lowest BCUT2D eigenvalue weighted by atomic mass is 9.97. The topological polar surface area (TPSA) is 187 Å². The van der Waals surface area contributed by atoms with Gasteiger partial charge in [-0.1, -0.05) is 15.9 Å². The van der Waals surface area contributed by atoms with Gasteiger partial charge in [0.25, 0.3) is 0 Å². The van der Waals surface area contributed by atoms with Gasteiger partial charge in [-0.05, 0) is 30.4 Å².